The Morgan fingerprint density at radius 2 is 2.16 bits per heavy atom. The summed E-state index contributed by atoms with van der Waals surface area (Å²) in [5, 5.41) is 6.48. The van der Waals surface area contributed by atoms with Gasteiger partial charge in [0, 0.05) is 25.5 Å². The second kappa shape index (κ2) is 4.94. The van der Waals surface area contributed by atoms with Gasteiger partial charge in [0.15, 0.2) is 5.82 Å². The molecule has 0 aromatic carbocycles. The van der Waals surface area contributed by atoms with Gasteiger partial charge in [0.2, 0.25) is 15.5 Å². The number of hydrogen-bond donors (Lipinski definition) is 2. The van der Waals surface area contributed by atoms with Crippen molar-refractivity contribution in [3.63, 3.8) is 0 Å². The lowest BCUT2D eigenvalue weighted by atomic mass is 10.5. The first-order valence-corrected chi connectivity index (χ1v) is 6.86. The number of hydrogen-bond acceptors (Lipinski definition) is 5. The van der Waals surface area contributed by atoms with Gasteiger partial charge in [0.25, 0.3) is 0 Å². The normalized spacial score (nSPS) is 11.9. The van der Waals surface area contributed by atoms with Crippen LogP contribution in [0.3, 0.4) is 0 Å². The third-order valence-corrected chi connectivity index (χ3v) is 4.31. The second-order valence-corrected chi connectivity index (χ2v) is 5.98. The number of aryl methyl sites for hydroxylation is 1. The summed E-state index contributed by atoms with van der Waals surface area (Å²) < 4.78 is 25.4. The van der Waals surface area contributed by atoms with Crippen LogP contribution in [0.1, 0.15) is 11.6 Å². The molecule has 0 atom stereocenters. The van der Waals surface area contributed by atoms with Gasteiger partial charge in [0.1, 0.15) is 10.7 Å². The van der Waals surface area contributed by atoms with Crippen LogP contribution in [0.25, 0.3) is 0 Å². The molecule has 0 bridgehead atoms. The quantitative estimate of drug-likeness (QED) is 0.794. The molecule has 0 radical (unpaired) electrons. The molecule has 2 heterocycles. The number of nitrogens with one attached hydrogen (secondary N) is 2. The van der Waals surface area contributed by atoms with Crippen LogP contribution in [0.5, 0.6) is 0 Å². The Labute approximate surface area is 109 Å². The predicted octanol–water partition coefficient (Wildman–Crippen LogP) is -0.378. The highest BCUT2D eigenvalue weighted by molar-refractivity contribution is 7.89. The molecule has 0 aliphatic heterocycles. The molecule has 9 heteroatoms. The molecule has 2 aromatic rings. The molecule has 19 heavy (non-hydrogen) atoms. The molecule has 2 N–H and O–H groups in total. The van der Waals surface area contributed by atoms with E-state index in [2.05, 4.69) is 20.2 Å². The third-order valence-electron chi connectivity index (χ3n) is 2.48. The van der Waals surface area contributed by atoms with Crippen molar-refractivity contribution in [2.45, 2.75) is 18.4 Å². The Morgan fingerprint density at radius 1 is 1.42 bits per heavy atom. The summed E-state index contributed by atoms with van der Waals surface area (Å²) >= 11 is 0. The highest BCUT2D eigenvalue weighted by Crippen LogP contribution is 2.10. The summed E-state index contributed by atoms with van der Waals surface area (Å²) in [4.78, 5) is 17.9. The van der Waals surface area contributed by atoms with Crippen LogP contribution < -0.4 is 5.43 Å². The molecule has 0 amide bonds. The van der Waals surface area contributed by atoms with Gasteiger partial charge in [-0.25, -0.2) is 13.4 Å². The Balaban J connectivity index is 2.30. The molecule has 0 saturated carbocycles. The number of nitrogens with zero attached hydrogens (tertiary/aromatic N) is 3. The van der Waals surface area contributed by atoms with Crippen LogP contribution in [0, 0.1) is 6.92 Å². The Morgan fingerprint density at radius 3 is 2.74 bits per heavy atom. The highest BCUT2D eigenvalue weighted by atomic mass is 32.2. The van der Waals surface area contributed by atoms with E-state index in [-0.39, 0.29) is 11.4 Å². The van der Waals surface area contributed by atoms with Crippen LogP contribution >= 0.6 is 0 Å². The standard InChI is InChI=1S/C10H13N5O3S/c1-7-12-10(14-13-7)6-15(2)19(17,18)9-5-11-4-3-8(9)16/h3-5H,6H2,1-2H3,(H,11,16)(H,12,13,14). The molecule has 0 aliphatic carbocycles. The van der Waals surface area contributed by atoms with E-state index in [4.69, 9.17) is 0 Å². The van der Waals surface area contributed by atoms with Crippen molar-refractivity contribution in [3.8, 4) is 0 Å². The minimum absolute atomic E-state index is 0.0129. The SMILES string of the molecule is Cc1nc(CN(C)S(=O)(=O)c2c[nH]ccc2=O)n[nH]1. The number of rotatable bonds is 4. The molecule has 2 rings (SSSR count). The highest BCUT2D eigenvalue weighted by Gasteiger charge is 2.24. The van der Waals surface area contributed by atoms with Crippen molar-refractivity contribution in [1.82, 2.24) is 24.5 Å². The zero-order valence-corrected chi connectivity index (χ0v) is 11.2. The zero-order chi connectivity index (χ0) is 14.0. The van der Waals surface area contributed by atoms with Gasteiger partial charge >= 0.3 is 0 Å². The van der Waals surface area contributed by atoms with E-state index in [1.807, 2.05) is 0 Å². The lowest BCUT2D eigenvalue weighted by Crippen LogP contribution is -2.30. The zero-order valence-electron chi connectivity index (χ0n) is 10.4. The van der Waals surface area contributed by atoms with Gasteiger partial charge in [-0.05, 0) is 6.92 Å². The Hall–Kier alpha value is -2.00. The molecule has 0 saturated heterocycles. The van der Waals surface area contributed by atoms with Crippen molar-refractivity contribution >= 4 is 10.0 Å². The summed E-state index contributed by atoms with van der Waals surface area (Å²) in [6.07, 6.45) is 2.54. The maximum Gasteiger partial charge on any atom is 0.248 e. The van der Waals surface area contributed by atoms with E-state index in [0.717, 1.165) is 16.6 Å². The summed E-state index contributed by atoms with van der Waals surface area (Å²) in [6, 6.07) is 1.16. The molecule has 0 fully saturated rings. The molecule has 0 unspecified atom stereocenters. The first-order chi connectivity index (χ1) is 8.91. The van der Waals surface area contributed by atoms with Gasteiger partial charge in [-0.2, -0.15) is 9.40 Å². The molecular weight excluding hydrogens is 270 g/mol. The lowest BCUT2D eigenvalue weighted by molar-refractivity contribution is 0.456. The van der Waals surface area contributed by atoms with Crippen molar-refractivity contribution in [2.75, 3.05) is 7.05 Å². The van der Waals surface area contributed by atoms with Gasteiger partial charge in [-0.3, -0.25) is 9.89 Å². The maximum absolute atomic E-state index is 12.2. The van der Waals surface area contributed by atoms with Crippen LogP contribution in [0.2, 0.25) is 0 Å². The fourth-order valence-electron chi connectivity index (χ4n) is 1.51. The fourth-order valence-corrected chi connectivity index (χ4v) is 2.67. The summed E-state index contributed by atoms with van der Waals surface area (Å²) in [6.45, 7) is 1.70. The van der Waals surface area contributed by atoms with E-state index < -0.39 is 15.5 Å². The molecule has 8 nitrogen and oxygen atoms in total. The van der Waals surface area contributed by atoms with E-state index in [9.17, 15) is 13.2 Å². The van der Waals surface area contributed by atoms with Crippen molar-refractivity contribution in [1.29, 1.82) is 0 Å². The van der Waals surface area contributed by atoms with Crippen LogP contribution in [-0.4, -0.2) is 39.9 Å². The molecular formula is C10H13N5O3S. The number of pyridine rings is 1. The van der Waals surface area contributed by atoms with Crippen LogP contribution in [-0.2, 0) is 16.6 Å². The van der Waals surface area contributed by atoms with E-state index in [1.165, 1.54) is 13.2 Å². The summed E-state index contributed by atoms with van der Waals surface area (Å²) in [5.74, 6) is 0.939. The van der Waals surface area contributed by atoms with E-state index in [1.54, 1.807) is 6.92 Å². The third kappa shape index (κ3) is 2.71. The summed E-state index contributed by atoms with van der Waals surface area (Å²) in [5.41, 5.74) is -0.559. The second-order valence-electron chi connectivity index (χ2n) is 3.97. The molecule has 0 aliphatic rings. The lowest BCUT2D eigenvalue weighted by Gasteiger charge is -2.14. The minimum Gasteiger partial charge on any atom is -0.366 e. The first kappa shape index (κ1) is 13.4. The molecule has 2 aromatic heterocycles. The predicted molar refractivity (Wildman–Crippen MR) is 66.8 cm³/mol. The van der Waals surface area contributed by atoms with Gasteiger partial charge < -0.3 is 4.98 Å². The number of aromatic amines is 2. The maximum atomic E-state index is 12.2. The van der Waals surface area contributed by atoms with Crippen LogP contribution in [0.4, 0.5) is 0 Å². The number of H-pyrrole nitrogens is 2. The fraction of sp³-hybridized carbons (Fsp3) is 0.300. The van der Waals surface area contributed by atoms with Crippen LogP contribution in [0.15, 0.2) is 28.2 Å². The first-order valence-electron chi connectivity index (χ1n) is 5.42. The number of aromatic nitrogens is 4. The van der Waals surface area contributed by atoms with Crippen molar-refractivity contribution in [3.05, 3.63) is 40.3 Å². The molecule has 102 valence electrons. The van der Waals surface area contributed by atoms with E-state index >= 15 is 0 Å². The minimum atomic E-state index is -3.86. The van der Waals surface area contributed by atoms with Crippen molar-refractivity contribution in [2.24, 2.45) is 0 Å². The Kier molecular flexibility index (Phi) is 3.49. The van der Waals surface area contributed by atoms with E-state index in [0.29, 0.717) is 11.6 Å². The van der Waals surface area contributed by atoms with Gasteiger partial charge in [-0.15, -0.1) is 0 Å². The number of sulfonamides is 1. The molecule has 0 spiro atoms. The smallest absolute Gasteiger partial charge is 0.248 e. The average Bonchev–Trinajstić information content (AvgIpc) is 2.75. The summed E-state index contributed by atoms with van der Waals surface area (Å²) in [7, 11) is -2.49. The monoisotopic (exact) mass is 283 g/mol. The topological polar surface area (TPSA) is 112 Å². The largest absolute Gasteiger partial charge is 0.366 e. The Bertz CT molecular complexity index is 733. The van der Waals surface area contributed by atoms with Gasteiger partial charge in [0.05, 0.1) is 6.54 Å². The average molecular weight is 283 g/mol. The van der Waals surface area contributed by atoms with Crippen molar-refractivity contribution < 1.29 is 8.42 Å². The van der Waals surface area contributed by atoms with Gasteiger partial charge in [-0.1, -0.05) is 0 Å².